The number of aromatic nitrogens is 1. The first-order valence-corrected chi connectivity index (χ1v) is 11.4. The number of carbonyl (C=O) groups excluding carboxylic acids is 2. The summed E-state index contributed by atoms with van der Waals surface area (Å²) in [5.74, 6) is 0.761. The molecule has 0 fully saturated rings. The van der Waals surface area contributed by atoms with Crippen molar-refractivity contribution in [3.63, 3.8) is 0 Å². The lowest BCUT2D eigenvalue weighted by atomic mass is 10.1. The van der Waals surface area contributed by atoms with Crippen molar-refractivity contribution in [2.24, 2.45) is 0 Å². The van der Waals surface area contributed by atoms with E-state index in [9.17, 15) is 22.8 Å². The summed E-state index contributed by atoms with van der Waals surface area (Å²) in [6.07, 6.45) is 0.142. The highest BCUT2D eigenvalue weighted by atomic mass is 32.2. The smallest absolute Gasteiger partial charge is 0.343 e. The Morgan fingerprint density at radius 2 is 1.77 bits per heavy atom. The number of nitrogens with one attached hydrogen (secondary N) is 2. The van der Waals surface area contributed by atoms with Gasteiger partial charge in [0.15, 0.2) is 0 Å². The average molecular weight is 466 g/mol. The zero-order valence-corrected chi connectivity index (χ0v) is 17.8. The summed E-state index contributed by atoms with van der Waals surface area (Å²) in [5.41, 5.74) is 2.25. The third kappa shape index (κ3) is 4.96. The number of halogens is 3. The summed E-state index contributed by atoms with van der Waals surface area (Å²) >= 11 is 3.45. The molecule has 0 bridgehead atoms. The van der Waals surface area contributed by atoms with E-state index in [0.717, 1.165) is 28.5 Å². The first-order valence-electron chi connectivity index (χ1n) is 9.44. The fourth-order valence-electron chi connectivity index (χ4n) is 3.28. The number of carbonyl (C=O) groups is 2. The van der Waals surface area contributed by atoms with Gasteiger partial charge in [-0.2, -0.15) is 24.9 Å². The predicted octanol–water partition coefficient (Wildman–Crippen LogP) is 4.87. The molecule has 5 nitrogen and oxygen atoms in total. The highest BCUT2D eigenvalue weighted by Crippen LogP contribution is 2.38. The highest BCUT2D eigenvalue weighted by Gasteiger charge is 2.28. The fourth-order valence-corrected chi connectivity index (χ4v) is 5.73. The Morgan fingerprint density at radius 1 is 1.06 bits per heavy atom. The molecule has 0 radical (unpaired) electrons. The zero-order valence-electron chi connectivity index (χ0n) is 16.2. The molecule has 1 aliphatic heterocycles. The van der Waals surface area contributed by atoms with Gasteiger partial charge in [-0.25, -0.2) is 0 Å². The predicted molar refractivity (Wildman–Crippen MR) is 116 cm³/mol. The van der Waals surface area contributed by atoms with Crippen molar-refractivity contribution >= 4 is 40.6 Å². The number of anilines is 1. The van der Waals surface area contributed by atoms with Crippen molar-refractivity contribution in [1.29, 1.82) is 0 Å². The first-order chi connectivity index (χ1) is 14.8. The Balaban J connectivity index is 1.53. The van der Waals surface area contributed by atoms with Gasteiger partial charge in [-0.05, 0) is 54.1 Å². The Kier molecular flexibility index (Phi) is 6.10. The Morgan fingerprint density at radius 3 is 2.45 bits per heavy atom. The van der Waals surface area contributed by atoms with Crippen molar-refractivity contribution in [3.05, 3.63) is 70.4 Å². The van der Waals surface area contributed by atoms with E-state index in [1.807, 2.05) is 46.2 Å². The van der Waals surface area contributed by atoms with Gasteiger partial charge in [-0.3, -0.25) is 9.59 Å². The number of benzene rings is 1. The van der Waals surface area contributed by atoms with Gasteiger partial charge in [-0.1, -0.05) is 0 Å². The fraction of sp³-hybridized carbons (Fsp3) is 0.238. The van der Waals surface area contributed by atoms with Gasteiger partial charge in [0.05, 0.1) is 5.56 Å². The summed E-state index contributed by atoms with van der Waals surface area (Å²) in [6, 6.07) is 9.58. The number of thioether (sulfide) groups is 1. The lowest BCUT2D eigenvalue weighted by molar-refractivity contribution is -0.123. The Hall–Kier alpha value is -2.72. The van der Waals surface area contributed by atoms with Crippen LogP contribution in [0.25, 0.3) is 5.00 Å². The molecule has 10 heteroatoms. The van der Waals surface area contributed by atoms with Gasteiger partial charge in [-0.15, -0.1) is 11.3 Å². The molecule has 0 unspecified atom stereocenters. The topological polar surface area (TPSA) is 63.1 Å². The van der Waals surface area contributed by atoms with Crippen LogP contribution < -0.4 is 10.6 Å². The van der Waals surface area contributed by atoms with E-state index in [0.29, 0.717) is 11.3 Å². The molecule has 2 amide bonds. The molecule has 2 N–H and O–H groups in total. The summed E-state index contributed by atoms with van der Waals surface area (Å²) < 4.78 is 38.7. The van der Waals surface area contributed by atoms with Gasteiger partial charge in [0.2, 0.25) is 0 Å². The normalized spacial score (nSPS) is 13.5. The molecule has 1 aliphatic rings. The molecule has 0 aliphatic carbocycles. The van der Waals surface area contributed by atoms with Crippen molar-refractivity contribution in [2.75, 3.05) is 17.6 Å². The molecule has 162 valence electrons. The lowest BCUT2D eigenvalue weighted by Gasteiger charge is -2.13. The number of rotatable bonds is 5. The van der Waals surface area contributed by atoms with E-state index in [1.165, 1.54) is 29.1 Å². The maximum atomic E-state index is 13.2. The molecule has 1 aromatic carbocycles. The number of amides is 2. The van der Waals surface area contributed by atoms with Crippen LogP contribution in [0.2, 0.25) is 0 Å². The molecular formula is C21H18F3N3O2S2. The van der Waals surface area contributed by atoms with Crippen LogP contribution in [0.15, 0.2) is 48.8 Å². The molecule has 0 atom stereocenters. The maximum Gasteiger partial charge on any atom is 0.405 e. The van der Waals surface area contributed by atoms with E-state index < -0.39 is 18.6 Å². The molecule has 2 aromatic heterocycles. The van der Waals surface area contributed by atoms with Gasteiger partial charge < -0.3 is 15.2 Å². The summed E-state index contributed by atoms with van der Waals surface area (Å²) in [6.45, 7) is -1.39. The summed E-state index contributed by atoms with van der Waals surface area (Å²) in [4.78, 5) is 26.2. The summed E-state index contributed by atoms with van der Waals surface area (Å²) in [7, 11) is 0. The number of hydrogen-bond acceptors (Lipinski definition) is 4. The standard InChI is InChI=1S/C21H18F3N3O2S2/c22-21(23,24)12-25-18(28)13-3-5-14(6-4-13)26-19(29)17-15-7-10-30-11-16(15)31-20(17)27-8-1-2-9-27/h1-6,8-9H,7,10-12H2,(H,25,28)(H,26,29). The van der Waals surface area contributed by atoms with Crippen LogP contribution in [-0.2, 0) is 12.2 Å². The van der Waals surface area contributed by atoms with Gasteiger partial charge in [0.1, 0.15) is 11.5 Å². The molecule has 3 heterocycles. The Labute approximate surface area is 184 Å². The monoisotopic (exact) mass is 465 g/mol. The third-order valence-corrected chi connectivity index (χ3v) is 7.14. The zero-order chi connectivity index (χ0) is 22.0. The van der Waals surface area contributed by atoms with Crippen molar-refractivity contribution in [1.82, 2.24) is 9.88 Å². The van der Waals surface area contributed by atoms with Crippen LogP contribution >= 0.6 is 23.1 Å². The average Bonchev–Trinajstić information content (AvgIpc) is 3.39. The SMILES string of the molecule is O=C(NCC(F)(F)F)c1ccc(NC(=O)c2c(-n3cccc3)sc3c2CCSC3)cc1. The molecular weight excluding hydrogens is 447 g/mol. The molecule has 4 rings (SSSR count). The van der Waals surface area contributed by atoms with Crippen LogP contribution in [0.5, 0.6) is 0 Å². The van der Waals surface area contributed by atoms with E-state index >= 15 is 0 Å². The van der Waals surface area contributed by atoms with E-state index in [-0.39, 0.29) is 11.5 Å². The minimum atomic E-state index is -4.47. The number of hydrogen-bond donors (Lipinski definition) is 2. The van der Waals surface area contributed by atoms with E-state index in [4.69, 9.17) is 0 Å². The van der Waals surface area contributed by atoms with Gasteiger partial charge in [0.25, 0.3) is 11.8 Å². The quantitative estimate of drug-likeness (QED) is 0.565. The van der Waals surface area contributed by atoms with Crippen molar-refractivity contribution in [2.45, 2.75) is 18.3 Å². The number of fused-ring (bicyclic) bond motifs is 1. The number of alkyl halides is 3. The second kappa shape index (κ2) is 8.80. The van der Waals surface area contributed by atoms with Gasteiger partial charge >= 0.3 is 6.18 Å². The molecule has 0 saturated carbocycles. The minimum absolute atomic E-state index is 0.0835. The molecule has 31 heavy (non-hydrogen) atoms. The van der Waals surface area contributed by atoms with Gasteiger partial charge in [0, 0.05) is 34.3 Å². The van der Waals surface area contributed by atoms with Crippen LogP contribution in [0, 0.1) is 0 Å². The lowest BCUT2D eigenvalue weighted by Crippen LogP contribution is -2.33. The van der Waals surface area contributed by atoms with Crippen LogP contribution in [-0.4, -0.2) is 34.9 Å². The number of nitrogens with zero attached hydrogens (tertiary/aromatic N) is 1. The van der Waals surface area contributed by atoms with E-state index in [1.54, 1.807) is 11.3 Å². The van der Waals surface area contributed by atoms with E-state index in [2.05, 4.69) is 5.32 Å². The molecule has 3 aromatic rings. The second-order valence-electron chi connectivity index (χ2n) is 6.91. The number of thiophene rings is 1. The largest absolute Gasteiger partial charge is 0.405 e. The third-order valence-electron chi connectivity index (χ3n) is 4.72. The minimum Gasteiger partial charge on any atom is -0.343 e. The van der Waals surface area contributed by atoms with Crippen LogP contribution in [0.4, 0.5) is 18.9 Å². The first kappa shape index (κ1) is 21.5. The highest BCUT2D eigenvalue weighted by molar-refractivity contribution is 7.98. The molecule has 0 spiro atoms. The molecule has 0 saturated heterocycles. The maximum absolute atomic E-state index is 13.2. The summed E-state index contributed by atoms with van der Waals surface area (Å²) in [5, 5.41) is 5.54. The second-order valence-corrected chi connectivity index (χ2v) is 9.09. The van der Waals surface area contributed by atoms with Crippen molar-refractivity contribution < 1.29 is 22.8 Å². The van der Waals surface area contributed by atoms with Crippen LogP contribution in [0.1, 0.15) is 31.2 Å². The Bertz CT molecular complexity index is 1090. The van der Waals surface area contributed by atoms with Crippen molar-refractivity contribution in [3.8, 4) is 5.00 Å². The van der Waals surface area contributed by atoms with Crippen LogP contribution in [0.3, 0.4) is 0 Å².